The zero-order chi connectivity index (χ0) is 9.52. The minimum absolute atomic E-state index is 0.782. The van der Waals surface area contributed by atoms with E-state index in [9.17, 15) is 0 Å². The maximum atomic E-state index is 5.61. The molecule has 1 aliphatic rings. The van der Waals surface area contributed by atoms with Crippen molar-refractivity contribution in [2.75, 3.05) is 32.7 Å². The summed E-state index contributed by atoms with van der Waals surface area (Å²) in [5.74, 6) is 0. The summed E-state index contributed by atoms with van der Waals surface area (Å²) in [5, 5.41) is 3.40. The summed E-state index contributed by atoms with van der Waals surface area (Å²) >= 11 is 0. The van der Waals surface area contributed by atoms with Crippen LogP contribution in [0.3, 0.4) is 0 Å². The van der Waals surface area contributed by atoms with Gasteiger partial charge in [-0.05, 0) is 38.9 Å². The Kier molecular flexibility index (Phi) is 5.35. The van der Waals surface area contributed by atoms with Crippen LogP contribution in [0, 0.1) is 0 Å². The summed E-state index contributed by atoms with van der Waals surface area (Å²) in [6, 6.07) is 0.782. The highest BCUT2D eigenvalue weighted by Gasteiger charge is 2.18. The topological polar surface area (TPSA) is 41.3 Å². The highest BCUT2D eigenvalue weighted by molar-refractivity contribution is 4.77. The fraction of sp³-hybridized carbons (Fsp3) is 1.00. The average Bonchev–Trinajstić information content (AvgIpc) is 2.19. The molecule has 0 spiro atoms. The van der Waals surface area contributed by atoms with Gasteiger partial charge in [0.2, 0.25) is 0 Å². The second kappa shape index (κ2) is 6.35. The predicted molar refractivity (Wildman–Crippen MR) is 56.8 cm³/mol. The molecular formula is C10H23N3. The van der Waals surface area contributed by atoms with Gasteiger partial charge in [-0.15, -0.1) is 0 Å². The van der Waals surface area contributed by atoms with Crippen molar-refractivity contribution in [2.45, 2.75) is 32.2 Å². The summed E-state index contributed by atoms with van der Waals surface area (Å²) in [7, 11) is 0. The normalized spacial score (nSPS) is 19.6. The van der Waals surface area contributed by atoms with Crippen molar-refractivity contribution in [3.63, 3.8) is 0 Å². The van der Waals surface area contributed by atoms with Gasteiger partial charge in [-0.25, -0.2) is 0 Å². The van der Waals surface area contributed by atoms with Gasteiger partial charge in [-0.2, -0.15) is 0 Å². The SMILES string of the molecule is CCCN(CCN)C1CCNCC1. The van der Waals surface area contributed by atoms with Gasteiger partial charge in [0.1, 0.15) is 0 Å². The summed E-state index contributed by atoms with van der Waals surface area (Å²) in [6.07, 6.45) is 3.82. The van der Waals surface area contributed by atoms with Crippen LogP contribution in [0.2, 0.25) is 0 Å². The van der Waals surface area contributed by atoms with Crippen LogP contribution >= 0.6 is 0 Å². The van der Waals surface area contributed by atoms with Gasteiger partial charge in [0.15, 0.2) is 0 Å². The van der Waals surface area contributed by atoms with Crippen LogP contribution < -0.4 is 11.1 Å². The van der Waals surface area contributed by atoms with Crippen LogP contribution in [0.5, 0.6) is 0 Å². The smallest absolute Gasteiger partial charge is 0.0120 e. The predicted octanol–water partition coefficient (Wildman–Crippen LogP) is 0.409. The van der Waals surface area contributed by atoms with Crippen LogP contribution in [0.15, 0.2) is 0 Å². The lowest BCUT2D eigenvalue weighted by Crippen LogP contribution is -2.45. The standard InChI is InChI=1S/C10H23N3/c1-2-8-13(9-5-11)10-3-6-12-7-4-10/h10,12H,2-9,11H2,1H3. The molecule has 78 valence electrons. The molecular weight excluding hydrogens is 162 g/mol. The molecule has 0 amide bonds. The summed E-state index contributed by atoms with van der Waals surface area (Å²) in [6.45, 7) is 7.67. The number of nitrogens with zero attached hydrogens (tertiary/aromatic N) is 1. The van der Waals surface area contributed by atoms with Crippen molar-refractivity contribution in [1.29, 1.82) is 0 Å². The van der Waals surface area contributed by atoms with Crippen molar-refractivity contribution >= 4 is 0 Å². The molecule has 3 heteroatoms. The van der Waals surface area contributed by atoms with Crippen molar-refractivity contribution in [3.05, 3.63) is 0 Å². The molecule has 0 atom stereocenters. The Morgan fingerprint density at radius 2 is 2.00 bits per heavy atom. The molecule has 3 N–H and O–H groups in total. The lowest BCUT2D eigenvalue weighted by atomic mass is 10.0. The molecule has 0 radical (unpaired) electrons. The number of nitrogens with two attached hydrogens (primary N) is 1. The highest BCUT2D eigenvalue weighted by atomic mass is 15.2. The van der Waals surface area contributed by atoms with E-state index in [2.05, 4.69) is 17.1 Å². The molecule has 3 nitrogen and oxygen atoms in total. The maximum absolute atomic E-state index is 5.61. The van der Waals surface area contributed by atoms with Gasteiger partial charge >= 0.3 is 0 Å². The van der Waals surface area contributed by atoms with Crippen molar-refractivity contribution in [1.82, 2.24) is 10.2 Å². The Bertz CT molecular complexity index is 115. The molecule has 0 unspecified atom stereocenters. The zero-order valence-corrected chi connectivity index (χ0v) is 8.76. The monoisotopic (exact) mass is 185 g/mol. The maximum Gasteiger partial charge on any atom is 0.0120 e. The second-order valence-corrected chi connectivity index (χ2v) is 3.81. The molecule has 1 saturated heterocycles. The van der Waals surface area contributed by atoms with E-state index >= 15 is 0 Å². The first-order valence-electron chi connectivity index (χ1n) is 5.53. The van der Waals surface area contributed by atoms with Gasteiger partial charge in [-0.3, -0.25) is 4.90 Å². The van der Waals surface area contributed by atoms with Crippen molar-refractivity contribution < 1.29 is 0 Å². The Hall–Kier alpha value is -0.120. The molecule has 1 fully saturated rings. The zero-order valence-electron chi connectivity index (χ0n) is 8.76. The summed E-state index contributed by atoms with van der Waals surface area (Å²) < 4.78 is 0. The van der Waals surface area contributed by atoms with Gasteiger partial charge in [-0.1, -0.05) is 6.92 Å². The molecule has 1 heterocycles. The van der Waals surface area contributed by atoms with Gasteiger partial charge in [0, 0.05) is 19.1 Å². The van der Waals surface area contributed by atoms with Crippen molar-refractivity contribution in [2.24, 2.45) is 5.73 Å². The number of hydrogen-bond donors (Lipinski definition) is 2. The van der Waals surface area contributed by atoms with E-state index in [1.54, 1.807) is 0 Å². The van der Waals surface area contributed by atoms with E-state index in [0.29, 0.717) is 0 Å². The largest absolute Gasteiger partial charge is 0.329 e. The lowest BCUT2D eigenvalue weighted by Gasteiger charge is -2.34. The van der Waals surface area contributed by atoms with Crippen LogP contribution in [0.1, 0.15) is 26.2 Å². The molecule has 0 saturated carbocycles. The van der Waals surface area contributed by atoms with Crippen LogP contribution in [-0.2, 0) is 0 Å². The van der Waals surface area contributed by atoms with Gasteiger partial charge in [0.25, 0.3) is 0 Å². The lowest BCUT2D eigenvalue weighted by molar-refractivity contribution is 0.166. The second-order valence-electron chi connectivity index (χ2n) is 3.81. The molecule has 1 rings (SSSR count). The van der Waals surface area contributed by atoms with Crippen LogP contribution in [-0.4, -0.2) is 43.7 Å². The summed E-state index contributed by atoms with van der Waals surface area (Å²) in [4.78, 5) is 2.56. The highest BCUT2D eigenvalue weighted by Crippen LogP contribution is 2.11. The van der Waals surface area contributed by atoms with E-state index in [-0.39, 0.29) is 0 Å². The van der Waals surface area contributed by atoms with E-state index in [0.717, 1.165) is 19.1 Å². The third-order valence-electron chi connectivity index (χ3n) is 2.75. The fourth-order valence-corrected chi connectivity index (χ4v) is 2.10. The molecule has 0 aromatic carbocycles. The average molecular weight is 185 g/mol. The van der Waals surface area contributed by atoms with E-state index in [1.807, 2.05) is 0 Å². The third-order valence-corrected chi connectivity index (χ3v) is 2.75. The third kappa shape index (κ3) is 3.63. The number of piperidine rings is 1. The first-order chi connectivity index (χ1) is 6.38. The number of nitrogens with one attached hydrogen (secondary N) is 1. The number of hydrogen-bond acceptors (Lipinski definition) is 3. The van der Waals surface area contributed by atoms with E-state index in [1.165, 1.54) is 38.9 Å². The first kappa shape index (κ1) is 11.0. The Labute approximate surface area is 81.7 Å². The Balaban J connectivity index is 2.32. The Morgan fingerprint density at radius 3 is 2.54 bits per heavy atom. The van der Waals surface area contributed by atoms with Gasteiger partial charge in [0.05, 0.1) is 0 Å². The first-order valence-corrected chi connectivity index (χ1v) is 5.53. The van der Waals surface area contributed by atoms with Gasteiger partial charge < -0.3 is 11.1 Å². The Morgan fingerprint density at radius 1 is 1.31 bits per heavy atom. The van der Waals surface area contributed by atoms with Crippen LogP contribution in [0.25, 0.3) is 0 Å². The molecule has 0 aromatic heterocycles. The molecule has 1 aliphatic heterocycles. The minimum atomic E-state index is 0.782. The number of rotatable bonds is 5. The fourth-order valence-electron chi connectivity index (χ4n) is 2.10. The molecule has 0 aliphatic carbocycles. The van der Waals surface area contributed by atoms with E-state index in [4.69, 9.17) is 5.73 Å². The quantitative estimate of drug-likeness (QED) is 0.652. The molecule has 13 heavy (non-hydrogen) atoms. The van der Waals surface area contributed by atoms with Crippen molar-refractivity contribution in [3.8, 4) is 0 Å². The summed E-state index contributed by atoms with van der Waals surface area (Å²) in [5.41, 5.74) is 5.61. The molecule has 0 bridgehead atoms. The van der Waals surface area contributed by atoms with E-state index < -0.39 is 0 Å². The minimum Gasteiger partial charge on any atom is -0.329 e. The van der Waals surface area contributed by atoms with Crippen LogP contribution in [0.4, 0.5) is 0 Å². The molecule has 0 aromatic rings.